The van der Waals surface area contributed by atoms with Crippen LogP contribution in [0, 0.1) is 0 Å². The minimum absolute atomic E-state index is 0.388. The molecule has 0 fully saturated rings. The molecule has 48 heavy (non-hydrogen) atoms. The second-order valence-corrected chi connectivity index (χ2v) is 12.6. The van der Waals surface area contributed by atoms with Crippen LogP contribution in [-0.4, -0.2) is 26.2 Å². The molecule has 0 heterocycles. The molecule has 0 spiro atoms. The number of anilines is 6. The van der Waals surface area contributed by atoms with Crippen LogP contribution in [0.5, 0.6) is 0 Å². The Bertz CT molecular complexity index is 1900. The minimum Gasteiger partial charge on any atom is -0.465 e. The van der Waals surface area contributed by atoms with Crippen molar-refractivity contribution in [3.05, 3.63) is 166 Å². The highest BCUT2D eigenvalue weighted by atomic mass is 79.9. The average molecular weight is 762 g/mol. The Balaban J connectivity index is 1.34. The van der Waals surface area contributed by atoms with Crippen LogP contribution in [0.25, 0.3) is 11.1 Å². The van der Waals surface area contributed by atoms with Gasteiger partial charge in [-0.15, -0.1) is 0 Å². The average Bonchev–Trinajstić information content (AvgIpc) is 3.13. The standard InChI is InChI=1S/C40H30Br2N2O4/c1-47-39(45)29-5-3-7-37(25-29)43(35-21-13-31(41)14-22-35)33-17-9-27(10-18-33)28-11-19-34(20-12-28)44(36-23-15-32(42)16-24-36)38-8-4-6-30(26-38)40(46)48-2/h3-26H,1-2H3. The summed E-state index contributed by atoms with van der Waals surface area (Å²) in [5, 5.41) is 0. The summed E-state index contributed by atoms with van der Waals surface area (Å²) in [6.07, 6.45) is 0. The van der Waals surface area contributed by atoms with Crippen LogP contribution in [0.4, 0.5) is 34.1 Å². The van der Waals surface area contributed by atoms with Gasteiger partial charge in [-0.1, -0.05) is 68.3 Å². The number of hydrogen-bond acceptors (Lipinski definition) is 6. The van der Waals surface area contributed by atoms with Crippen molar-refractivity contribution in [2.45, 2.75) is 0 Å². The molecular formula is C40H30Br2N2O4. The van der Waals surface area contributed by atoms with E-state index in [1.54, 1.807) is 12.1 Å². The van der Waals surface area contributed by atoms with Gasteiger partial charge in [-0.2, -0.15) is 0 Å². The second kappa shape index (κ2) is 14.7. The molecule has 0 saturated carbocycles. The number of esters is 2. The SMILES string of the molecule is COC(=O)c1cccc(N(c2ccc(Br)cc2)c2ccc(-c3ccc(N(c4ccc(Br)cc4)c4cccc(C(=O)OC)c4)cc3)cc2)c1. The Morgan fingerprint density at radius 2 is 0.750 bits per heavy atom. The Hall–Kier alpha value is -5.18. The fourth-order valence-electron chi connectivity index (χ4n) is 5.46. The number of halogens is 2. The Labute approximate surface area is 296 Å². The van der Waals surface area contributed by atoms with Crippen molar-refractivity contribution in [3.8, 4) is 11.1 Å². The molecule has 6 nitrogen and oxygen atoms in total. The highest BCUT2D eigenvalue weighted by Gasteiger charge is 2.17. The molecule has 6 aromatic carbocycles. The molecule has 0 aliphatic carbocycles. The van der Waals surface area contributed by atoms with E-state index in [1.807, 2.05) is 84.9 Å². The van der Waals surface area contributed by atoms with Gasteiger partial charge in [0.15, 0.2) is 0 Å². The van der Waals surface area contributed by atoms with Crippen LogP contribution in [0.15, 0.2) is 155 Å². The predicted octanol–water partition coefficient (Wildman–Crippen LogP) is 11.4. The summed E-state index contributed by atoms with van der Waals surface area (Å²) < 4.78 is 11.9. The van der Waals surface area contributed by atoms with Crippen molar-refractivity contribution >= 4 is 77.9 Å². The topological polar surface area (TPSA) is 59.1 Å². The van der Waals surface area contributed by atoms with Crippen LogP contribution in [-0.2, 0) is 9.47 Å². The molecule has 0 unspecified atom stereocenters. The third-order valence-corrected chi connectivity index (χ3v) is 8.86. The number of ether oxygens (including phenoxy) is 2. The Morgan fingerprint density at radius 1 is 0.438 bits per heavy atom. The van der Waals surface area contributed by atoms with Gasteiger partial charge in [-0.3, -0.25) is 0 Å². The molecule has 0 aliphatic heterocycles. The maximum Gasteiger partial charge on any atom is 0.337 e. The lowest BCUT2D eigenvalue weighted by Gasteiger charge is -2.26. The van der Waals surface area contributed by atoms with E-state index in [9.17, 15) is 9.59 Å². The van der Waals surface area contributed by atoms with Crippen molar-refractivity contribution in [2.75, 3.05) is 24.0 Å². The molecule has 0 atom stereocenters. The van der Waals surface area contributed by atoms with Crippen LogP contribution < -0.4 is 9.80 Å². The normalized spacial score (nSPS) is 10.7. The van der Waals surface area contributed by atoms with Gasteiger partial charge in [0.1, 0.15) is 0 Å². The molecule has 6 rings (SSSR count). The van der Waals surface area contributed by atoms with Gasteiger partial charge < -0.3 is 19.3 Å². The number of nitrogens with zero attached hydrogens (tertiary/aromatic N) is 2. The summed E-state index contributed by atoms with van der Waals surface area (Å²) in [6.45, 7) is 0. The highest BCUT2D eigenvalue weighted by molar-refractivity contribution is 9.10. The first-order chi connectivity index (χ1) is 23.3. The highest BCUT2D eigenvalue weighted by Crippen LogP contribution is 2.39. The van der Waals surface area contributed by atoms with Gasteiger partial charge in [-0.05, 0) is 120 Å². The Morgan fingerprint density at radius 3 is 1.06 bits per heavy atom. The fourth-order valence-corrected chi connectivity index (χ4v) is 5.99. The maximum atomic E-state index is 12.3. The molecule has 0 N–H and O–H groups in total. The fraction of sp³-hybridized carbons (Fsp3) is 0.0500. The summed E-state index contributed by atoms with van der Waals surface area (Å²) in [5.74, 6) is -0.775. The van der Waals surface area contributed by atoms with E-state index >= 15 is 0 Å². The van der Waals surface area contributed by atoms with Crippen molar-refractivity contribution in [1.29, 1.82) is 0 Å². The summed E-state index contributed by atoms with van der Waals surface area (Å²) in [7, 11) is 2.77. The lowest BCUT2D eigenvalue weighted by Crippen LogP contribution is -2.11. The molecule has 0 aliphatic rings. The predicted molar refractivity (Wildman–Crippen MR) is 199 cm³/mol. The molecular weight excluding hydrogens is 732 g/mol. The van der Waals surface area contributed by atoms with Crippen LogP contribution in [0.1, 0.15) is 20.7 Å². The van der Waals surface area contributed by atoms with Gasteiger partial charge >= 0.3 is 11.9 Å². The number of benzene rings is 6. The molecule has 0 amide bonds. The number of hydrogen-bond donors (Lipinski definition) is 0. The molecule has 0 radical (unpaired) electrons. The maximum absolute atomic E-state index is 12.3. The first kappa shape index (κ1) is 32.7. The molecule has 0 bridgehead atoms. The van der Waals surface area contributed by atoms with E-state index in [1.165, 1.54) is 14.2 Å². The monoisotopic (exact) mass is 760 g/mol. The van der Waals surface area contributed by atoms with Gasteiger partial charge in [-0.25, -0.2) is 9.59 Å². The quantitative estimate of drug-likeness (QED) is 0.137. The molecule has 0 aromatic heterocycles. The number of rotatable bonds is 9. The molecule has 8 heteroatoms. The van der Waals surface area contributed by atoms with Crippen molar-refractivity contribution in [2.24, 2.45) is 0 Å². The number of carbonyl (C=O) groups is 2. The summed E-state index contributed by atoms with van der Waals surface area (Å²) in [4.78, 5) is 28.9. The lowest BCUT2D eigenvalue weighted by molar-refractivity contribution is 0.0592. The zero-order valence-corrected chi connectivity index (χ0v) is 29.3. The van der Waals surface area contributed by atoms with Gasteiger partial charge in [0.25, 0.3) is 0 Å². The first-order valence-electron chi connectivity index (χ1n) is 15.0. The molecule has 238 valence electrons. The van der Waals surface area contributed by atoms with E-state index < -0.39 is 0 Å². The van der Waals surface area contributed by atoms with E-state index in [2.05, 4.69) is 90.2 Å². The summed E-state index contributed by atoms with van der Waals surface area (Å²) >= 11 is 7.07. The summed E-state index contributed by atoms with van der Waals surface area (Å²) in [6, 6.07) is 47.5. The number of methoxy groups -OCH3 is 2. The van der Waals surface area contributed by atoms with Crippen molar-refractivity contribution in [3.63, 3.8) is 0 Å². The van der Waals surface area contributed by atoms with E-state index in [-0.39, 0.29) is 11.9 Å². The molecule has 0 saturated heterocycles. The third-order valence-electron chi connectivity index (χ3n) is 7.80. The van der Waals surface area contributed by atoms with E-state index in [4.69, 9.17) is 9.47 Å². The Kier molecular flexibility index (Phi) is 10.0. The van der Waals surface area contributed by atoms with Gasteiger partial charge in [0.2, 0.25) is 0 Å². The second-order valence-electron chi connectivity index (χ2n) is 10.8. The third kappa shape index (κ3) is 7.20. The van der Waals surface area contributed by atoms with Crippen LogP contribution in [0.2, 0.25) is 0 Å². The first-order valence-corrected chi connectivity index (χ1v) is 16.6. The lowest BCUT2D eigenvalue weighted by atomic mass is 10.0. The summed E-state index contributed by atoms with van der Waals surface area (Å²) in [5.41, 5.74) is 8.48. The van der Waals surface area contributed by atoms with Gasteiger partial charge in [0.05, 0.1) is 25.3 Å². The molecule has 6 aromatic rings. The number of carbonyl (C=O) groups excluding carboxylic acids is 2. The smallest absolute Gasteiger partial charge is 0.337 e. The minimum atomic E-state index is -0.388. The van der Waals surface area contributed by atoms with Crippen molar-refractivity contribution < 1.29 is 19.1 Å². The van der Waals surface area contributed by atoms with E-state index in [0.717, 1.165) is 54.2 Å². The van der Waals surface area contributed by atoms with Crippen molar-refractivity contribution in [1.82, 2.24) is 0 Å². The zero-order chi connectivity index (χ0) is 33.6. The largest absolute Gasteiger partial charge is 0.465 e. The van der Waals surface area contributed by atoms with Crippen LogP contribution in [0.3, 0.4) is 0 Å². The van der Waals surface area contributed by atoms with E-state index in [0.29, 0.717) is 11.1 Å². The zero-order valence-electron chi connectivity index (χ0n) is 26.1. The van der Waals surface area contributed by atoms with Gasteiger partial charge in [0, 0.05) is 43.1 Å². The van der Waals surface area contributed by atoms with Crippen LogP contribution >= 0.6 is 31.9 Å².